The number of hydrogen-bond donors (Lipinski definition) is 1. The highest BCUT2D eigenvalue weighted by Crippen LogP contribution is 2.18. The molecule has 0 bridgehead atoms. The van der Waals surface area contributed by atoms with Crippen molar-refractivity contribution < 1.29 is 9.36 Å². The van der Waals surface area contributed by atoms with Gasteiger partial charge < -0.3 is 5.32 Å². The molecule has 0 saturated heterocycles. The van der Waals surface area contributed by atoms with Gasteiger partial charge in [0.15, 0.2) is 18.9 Å². The van der Waals surface area contributed by atoms with Crippen LogP contribution < -0.4 is 9.88 Å². The average molecular weight is 269 g/mol. The molecular weight excluding hydrogens is 248 g/mol. The lowest BCUT2D eigenvalue weighted by Gasteiger charge is -2.09. The van der Waals surface area contributed by atoms with Crippen molar-refractivity contribution in [2.75, 3.05) is 5.32 Å². The molecule has 1 aromatic heterocycles. The van der Waals surface area contributed by atoms with Gasteiger partial charge in [0.1, 0.15) is 0 Å². The van der Waals surface area contributed by atoms with Crippen LogP contribution in [0.1, 0.15) is 31.7 Å². The fourth-order valence-electron chi connectivity index (χ4n) is 2.01. The first kappa shape index (κ1) is 14.3. The molecule has 0 aliphatic carbocycles. The number of aromatic nitrogens is 1. The van der Waals surface area contributed by atoms with Crippen molar-refractivity contribution in [3.05, 3.63) is 60.4 Å². The third-order valence-corrected chi connectivity index (χ3v) is 3.21. The lowest BCUT2D eigenvalue weighted by Crippen LogP contribution is -2.34. The molecule has 0 unspecified atom stereocenters. The summed E-state index contributed by atoms with van der Waals surface area (Å²) >= 11 is 0. The Labute approximate surface area is 120 Å². The zero-order chi connectivity index (χ0) is 14.4. The quantitative estimate of drug-likeness (QED) is 0.831. The molecule has 1 aromatic carbocycles. The van der Waals surface area contributed by atoms with Crippen molar-refractivity contribution in [3.63, 3.8) is 0 Å². The fraction of sp³-hybridized carbons (Fsp3) is 0.294. The molecule has 2 rings (SSSR count). The van der Waals surface area contributed by atoms with Crippen molar-refractivity contribution in [3.8, 4) is 0 Å². The van der Waals surface area contributed by atoms with Crippen molar-refractivity contribution in [1.29, 1.82) is 0 Å². The number of hydrogen-bond acceptors (Lipinski definition) is 1. The molecule has 0 spiro atoms. The zero-order valence-corrected chi connectivity index (χ0v) is 12.0. The summed E-state index contributed by atoms with van der Waals surface area (Å²) in [4.78, 5) is 11.9. The number of rotatable bonds is 5. The number of amides is 1. The Balaban J connectivity index is 1.90. The van der Waals surface area contributed by atoms with E-state index >= 15 is 0 Å². The molecule has 0 atom stereocenters. The van der Waals surface area contributed by atoms with Gasteiger partial charge in [-0.15, -0.1) is 0 Å². The minimum atomic E-state index is 0.0438. The van der Waals surface area contributed by atoms with E-state index in [1.54, 1.807) is 0 Å². The largest absolute Gasteiger partial charge is 0.326 e. The van der Waals surface area contributed by atoms with Crippen LogP contribution in [0.15, 0.2) is 54.9 Å². The molecule has 1 heterocycles. The van der Waals surface area contributed by atoms with E-state index < -0.39 is 0 Å². The third-order valence-electron chi connectivity index (χ3n) is 3.21. The highest BCUT2D eigenvalue weighted by atomic mass is 16.1. The summed E-state index contributed by atoms with van der Waals surface area (Å²) in [7, 11) is 0. The van der Waals surface area contributed by atoms with Gasteiger partial charge in [0.2, 0.25) is 5.91 Å². The highest BCUT2D eigenvalue weighted by molar-refractivity contribution is 5.90. The minimum Gasteiger partial charge on any atom is -0.326 e. The van der Waals surface area contributed by atoms with Gasteiger partial charge in [0.25, 0.3) is 0 Å². The summed E-state index contributed by atoms with van der Waals surface area (Å²) in [5, 5.41) is 2.96. The third kappa shape index (κ3) is 4.19. The Kier molecular flexibility index (Phi) is 4.88. The number of nitrogens with zero attached hydrogens (tertiary/aromatic N) is 1. The van der Waals surface area contributed by atoms with Crippen LogP contribution in [-0.2, 0) is 11.3 Å². The molecule has 1 amide bonds. The summed E-state index contributed by atoms with van der Waals surface area (Å²) in [5.74, 6) is 0.508. The van der Waals surface area contributed by atoms with Gasteiger partial charge >= 0.3 is 0 Å². The molecule has 2 aromatic rings. The number of nitrogens with one attached hydrogen (secondary N) is 1. The first-order valence-electron chi connectivity index (χ1n) is 6.99. The number of carbonyl (C=O) groups excluding carboxylic acids is 1. The second-order valence-corrected chi connectivity index (χ2v) is 5.19. The Morgan fingerprint density at radius 1 is 1.15 bits per heavy atom. The summed E-state index contributed by atoms with van der Waals surface area (Å²) < 4.78 is 2.00. The molecule has 0 saturated carbocycles. The van der Waals surface area contributed by atoms with Crippen molar-refractivity contribution in [2.24, 2.45) is 0 Å². The van der Waals surface area contributed by atoms with E-state index in [2.05, 4.69) is 25.2 Å². The van der Waals surface area contributed by atoms with Gasteiger partial charge in [-0.2, -0.15) is 0 Å². The van der Waals surface area contributed by atoms with Gasteiger partial charge in [-0.05, 0) is 23.6 Å². The number of carbonyl (C=O) groups is 1. The maximum atomic E-state index is 11.9. The lowest BCUT2D eigenvalue weighted by atomic mass is 10.0. The topological polar surface area (TPSA) is 33.0 Å². The molecule has 20 heavy (non-hydrogen) atoms. The maximum Gasteiger partial charge on any atom is 0.230 e. The molecule has 0 fully saturated rings. The van der Waals surface area contributed by atoms with Gasteiger partial charge in [0, 0.05) is 17.8 Å². The average Bonchev–Trinajstić information content (AvgIpc) is 2.46. The van der Waals surface area contributed by atoms with Crippen molar-refractivity contribution in [2.45, 2.75) is 32.7 Å². The van der Waals surface area contributed by atoms with E-state index in [9.17, 15) is 4.79 Å². The Morgan fingerprint density at radius 3 is 2.60 bits per heavy atom. The molecule has 0 aliphatic heterocycles. The predicted octanol–water partition coefficient (Wildman–Crippen LogP) is 3.13. The minimum absolute atomic E-state index is 0.0438. The second kappa shape index (κ2) is 6.85. The van der Waals surface area contributed by atoms with Gasteiger partial charge in [-0.1, -0.05) is 32.0 Å². The first-order valence-corrected chi connectivity index (χ1v) is 6.99. The molecule has 3 heteroatoms. The summed E-state index contributed by atoms with van der Waals surface area (Å²) in [6, 6.07) is 13.9. The highest BCUT2D eigenvalue weighted by Gasteiger charge is 2.07. The van der Waals surface area contributed by atoms with Crippen LogP contribution in [0.3, 0.4) is 0 Å². The van der Waals surface area contributed by atoms with Crippen LogP contribution in [0.2, 0.25) is 0 Å². The second-order valence-electron chi connectivity index (χ2n) is 5.19. The maximum absolute atomic E-state index is 11.9. The van der Waals surface area contributed by atoms with Crippen LogP contribution in [0, 0.1) is 0 Å². The van der Waals surface area contributed by atoms with E-state index in [-0.39, 0.29) is 5.91 Å². The number of anilines is 1. The Morgan fingerprint density at radius 2 is 1.90 bits per heavy atom. The van der Waals surface area contributed by atoms with Crippen molar-refractivity contribution in [1.82, 2.24) is 0 Å². The smallest absolute Gasteiger partial charge is 0.230 e. The van der Waals surface area contributed by atoms with Crippen LogP contribution in [0.5, 0.6) is 0 Å². The van der Waals surface area contributed by atoms with Crippen LogP contribution >= 0.6 is 0 Å². The van der Waals surface area contributed by atoms with Crippen molar-refractivity contribution >= 4 is 11.6 Å². The van der Waals surface area contributed by atoms with E-state index in [0.29, 0.717) is 18.9 Å². The summed E-state index contributed by atoms with van der Waals surface area (Å²) in [5.41, 5.74) is 2.11. The molecular formula is C17H21N2O+. The van der Waals surface area contributed by atoms with Crippen LogP contribution in [-0.4, -0.2) is 5.91 Å². The summed E-state index contributed by atoms with van der Waals surface area (Å²) in [6.07, 6.45) is 4.40. The standard InChI is InChI=1S/C17H20N2O/c1-14(2)15-7-6-8-16(13-15)18-17(20)9-12-19-10-4-3-5-11-19/h3-8,10-11,13-14H,9,12H2,1-2H3/p+1. The van der Waals surface area contributed by atoms with Crippen LogP contribution in [0.25, 0.3) is 0 Å². The lowest BCUT2D eigenvalue weighted by molar-refractivity contribution is -0.695. The Hall–Kier alpha value is -2.16. The number of benzene rings is 1. The monoisotopic (exact) mass is 269 g/mol. The fourth-order valence-corrected chi connectivity index (χ4v) is 2.01. The van der Waals surface area contributed by atoms with E-state index in [0.717, 1.165) is 5.69 Å². The van der Waals surface area contributed by atoms with Gasteiger partial charge in [-0.3, -0.25) is 4.79 Å². The van der Waals surface area contributed by atoms with E-state index in [1.165, 1.54) is 5.56 Å². The Bertz CT molecular complexity index is 564. The normalized spacial score (nSPS) is 10.6. The van der Waals surface area contributed by atoms with Crippen LogP contribution in [0.4, 0.5) is 5.69 Å². The SMILES string of the molecule is CC(C)c1cccc(NC(=O)CC[n+]2ccccc2)c1. The van der Waals surface area contributed by atoms with Gasteiger partial charge in [0.05, 0.1) is 6.42 Å². The first-order chi connectivity index (χ1) is 9.65. The molecule has 0 aliphatic rings. The number of pyridine rings is 1. The van der Waals surface area contributed by atoms with Gasteiger partial charge in [-0.25, -0.2) is 4.57 Å². The zero-order valence-electron chi connectivity index (χ0n) is 12.0. The molecule has 1 N–H and O–H groups in total. The molecule has 104 valence electrons. The summed E-state index contributed by atoms with van der Waals surface area (Å²) in [6.45, 7) is 4.98. The number of aryl methyl sites for hydroxylation is 1. The van der Waals surface area contributed by atoms with E-state index in [1.807, 2.05) is 53.4 Å². The molecule has 0 radical (unpaired) electrons. The van der Waals surface area contributed by atoms with E-state index in [4.69, 9.17) is 0 Å². The predicted molar refractivity (Wildman–Crippen MR) is 80.4 cm³/mol. The molecule has 3 nitrogen and oxygen atoms in total.